The molecule has 0 unspecified atom stereocenters. The highest BCUT2D eigenvalue weighted by molar-refractivity contribution is 7.99. The van der Waals surface area contributed by atoms with Gasteiger partial charge in [-0.2, -0.15) is 11.8 Å². The van der Waals surface area contributed by atoms with Gasteiger partial charge in [-0.3, -0.25) is 4.79 Å². The number of carbonyl (C=O) groups excluding carboxylic acids is 1. The van der Waals surface area contributed by atoms with Crippen molar-refractivity contribution >= 4 is 23.9 Å². The fourth-order valence-corrected chi connectivity index (χ4v) is 2.29. The van der Waals surface area contributed by atoms with Crippen LogP contribution in [-0.2, 0) is 9.63 Å². The van der Waals surface area contributed by atoms with Crippen LogP contribution in [-0.4, -0.2) is 36.8 Å². The summed E-state index contributed by atoms with van der Waals surface area (Å²) in [7, 11) is 1.42. The zero-order valence-electron chi connectivity index (χ0n) is 7.66. The number of nitrogens with one attached hydrogen (secondary N) is 1. The Labute approximate surface area is 82.1 Å². The van der Waals surface area contributed by atoms with Gasteiger partial charge in [0.25, 0.3) is 5.91 Å². The quantitative estimate of drug-likeness (QED) is 0.539. The molecule has 1 fully saturated rings. The highest BCUT2D eigenvalue weighted by atomic mass is 32.2. The number of hydrogen-bond donors (Lipinski definition) is 1. The molecule has 1 aliphatic rings. The first-order chi connectivity index (χ1) is 6.33. The predicted octanol–water partition coefficient (Wildman–Crippen LogP) is 0.630. The fourth-order valence-electron chi connectivity index (χ4n) is 1.18. The molecule has 1 rings (SSSR count). The van der Waals surface area contributed by atoms with E-state index < -0.39 is 0 Å². The minimum atomic E-state index is -0.168. The molecule has 0 bridgehead atoms. The number of thioether (sulfide) groups is 1. The second kappa shape index (κ2) is 5.85. The molecule has 1 aliphatic heterocycles. The van der Waals surface area contributed by atoms with Crippen LogP contribution in [0.3, 0.4) is 0 Å². The fraction of sp³-hybridized carbons (Fsp3) is 0.750. The average molecular weight is 202 g/mol. The first kappa shape index (κ1) is 10.4. The van der Waals surface area contributed by atoms with Crippen molar-refractivity contribution in [2.24, 2.45) is 5.16 Å². The average Bonchev–Trinajstić information content (AvgIpc) is 2.16. The van der Waals surface area contributed by atoms with Crippen LogP contribution in [0.1, 0.15) is 12.8 Å². The summed E-state index contributed by atoms with van der Waals surface area (Å²) in [6.45, 7) is 0. The van der Waals surface area contributed by atoms with Crippen molar-refractivity contribution in [1.82, 2.24) is 5.32 Å². The summed E-state index contributed by atoms with van der Waals surface area (Å²) in [5.74, 6) is 2.09. The van der Waals surface area contributed by atoms with Crippen LogP contribution in [0.4, 0.5) is 0 Å². The molecule has 1 amide bonds. The van der Waals surface area contributed by atoms with Gasteiger partial charge in [-0.15, -0.1) is 0 Å². The minimum Gasteiger partial charge on any atom is -0.399 e. The largest absolute Gasteiger partial charge is 0.399 e. The van der Waals surface area contributed by atoms with Gasteiger partial charge in [0.05, 0.1) is 0 Å². The molecule has 4 nitrogen and oxygen atoms in total. The molecule has 1 N–H and O–H groups in total. The van der Waals surface area contributed by atoms with E-state index in [0.29, 0.717) is 6.04 Å². The molecule has 0 aromatic rings. The molecule has 0 aromatic heterocycles. The Morgan fingerprint density at radius 1 is 1.62 bits per heavy atom. The van der Waals surface area contributed by atoms with Crippen molar-refractivity contribution in [2.75, 3.05) is 18.6 Å². The lowest BCUT2D eigenvalue weighted by Gasteiger charge is -2.21. The van der Waals surface area contributed by atoms with Crippen LogP contribution >= 0.6 is 11.8 Å². The second-order valence-electron chi connectivity index (χ2n) is 2.81. The highest BCUT2D eigenvalue weighted by Crippen LogP contribution is 2.16. The van der Waals surface area contributed by atoms with Gasteiger partial charge in [0.15, 0.2) is 0 Å². The van der Waals surface area contributed by atoms with Crippen molar-refractivity contribution in [3.05, 3.63) is 0 Å². The molecule has 0 saturated carbocycles. The van der Waals surface area contributed by atoms with Crippen molar-refractivity contribution in [2.45, 2.75) is 18.9 Å². The van der Waals surface area contributed by atoms with Crippen LogP contribution in [0.25, 0.3) is 0 Å². The van der Waals surface area contributed by atoms with E-state index in [1.165, 1.54) is 13.3 Å². The maximum absolute atomic E-state index is 11.1. The monoisotopic (exact) mass is 202 g/mol. The molecule has 13 heavy (non-hydrogen) atoms. The smallest absolute Gasteiger partial charge is 0.266 e. The van der Waals surface area contributed by atoms with Gasteiger partial charge in [-0.1, -0.05) is 5.16 Å². The third kappa shape index (κ3) is 4.17. The van der Waals surface area contributed by atoms with E-state index in [4.69, 9.17) is 0 Å². The summed E-state index contributed by atoms with van der Waals surface area (Å²) in [6.07, 6.45) is 3.27. The summed E-state index contributed by atoms with van der Waals surface area (Å²) in [5.41, 5.74) is 0. The first-order valence-corrected chi connectivity index (χ1v) is 5.43. The lowest BCUT2D eigenvalue weighted by molar-refractivity contribution is -0.115. The number of oxime groups is 1. The van der Waals surface area contributed by atoms with Crippen LogP contribution in [0.2, 0.25) is 0 Å². The standard InChI is InChI=1S/C8H14N2O2S/c1-12-9-6-8(11)10-7-2-4-13-5-3-7/h6-7H,2-5H2,1H3,(H,10,11)/b9-6+. The third-order valence-electron chi connectivity index (χ3n) is 1.84. The Hall–Kier alpha value is -0.710. The molecular formula is C8H14N2O2S. The number of hydrogen-bond acceptors (Lipinski definition) is 4. The Morgan fingerprint density at radius 3 is 2.92 bits per heavy atom. The molecule has 1 heterocycles. The Bertz CT molecular complexity index is 191. The Kier molecular flexibility index (Phi) is 4.67. The number of carbonyl (C=O) groups is 1. The zero-order chi connectivity index (χ0) is 9.52. The maximum Gasteiger partial charge on any atom is 0.266 e. The number of rotatable bonds is 3. The van der Waals surface area contributed by atoms with Crippen LogP contribution in [0.5, 0.6) is 0 Å². The lowest BCUT2D eigenvalue weighted by atomic mass is 10.1. The SMILES string of the molecule is CO/N=C/C(=O)NC1CCSCC1. The van der Waals surface area contributed by atoms with E-state index in [-0.39, 0.29) is 5.91 Å². The third-order valence-corrected chi connectivity index (χ3v) is 2.89. The summed E-state index contributed by atoms with van der Waals surface area (Å²) in [5, 5.41) is 6.27. The number of nitrogens with zero attached hydrogens (tertiary/aromatic N) is 1. The van der Waals surface area contributed by atoms with Gasteiger partial charge >= 0.3 is 0 Å². The van der Waals surface area contributed by atoms with E-state index in [0.717, 1.165) is 24.3 Å². The van der Waals surface area contributed by atoms with Crippen LogP contribution in [0, 0.1) is 0 Å². The minimum absolute atomic E-state index is 0.168. The summed E-state index contributed by atoms with van der Waals surface area (Å²) < 4.78 is 0. The van der Waals surface area contributed by atoms with Gasteiger partial charge in [-0.05, 0) is 24.3 Å². The molecule has 1 saturated heterocycles. The molecule has 0 aliphatic carbocycles. The molecular weight excluding hydrogens is 188 g/mol. The molecule has 5 heteroatoms. The lowest BCUT2D eigenvalue weighted by Crippen LogP contribution is -2.37. The Balaban J connectivity index is 2.22. The van der Waals surface area contributed by atoms with E-state index in [1.807, 2.05) is 11.8 Å². The number of amides is 1. The molecule has 0 aromatic carbocycles. The topological polar surface area (TPSA) is 50.7 Å². The van der Waals surface area contributed by atoms with Gasteiger partial charge in [0.2, 0.25) is 0 Å². The van der Waals surface area contributed by atoms with Gasteiger partial charge in [0.1, 0.15) is 13.3 Å². The van der Waals surface area contributed by atoms with E-state index in [2.05, 4.69) is 15.3 Å². The second-order valence-corrected chi connectivity index (χ2v) is 4.04. The van der Waals surface area contributed by atoms with E-state index in [1.54, 1.807) is 0 Å². The summed E-state index contributed by atoms with van der Waals surface area (Å²) in [4.78, 5) is 15.5. The maximum atomic E-state index is 11.1. The van der Waals surface area contributed by atoms with Gasteiger partial charge in [-0.25, -0.2) is 0 Å². The molecule has 74 valence electrons. The molecule has 0 radical (unpaired) electrons. The zero-order valence-corrected chi connectivity index (χ0v) is 8.47. The molecule has 0 atom stereocenters. The van der Waals surface area contributed by atoms with Gasteiger partial charge in [0, 0.05) is 6.04 Å². The van der Waals surface area contributed by atoms with Crippen molar-refractivity contribution < 1.29 is 9.63 Å². The predicted molar refractivity (Wildman–Crippen MR) is 54.0 cm³/mol. The van der Waals surface area contributed by atoms with Gasteiger partial charge < -0.3 is 10.2 Å². The Morgan fingerprint density at radius 2 is 2.31 bits per heavy atom. The normalized spacial score (nSPS) is 18.8. The first-order valence-electron chi connectivity index (χ1n) is 4.27. The van der Waals surface area contributed by atoms with Crippen molar-refractivity contribution in [3.63, 3.8) is 0 Å². The summed E-state index contributed by atoms with van der Waals surface area (Å²) in [6, 6.07) is 0.317. The summed E-state index contributed by atoms with van der Waals surface area (Å²) >= 11 is 1.93. The van der Waals surface area contributed by atoms with Crippen molar-refractivity contribution in [3.8, 4) is 0 Å². The van der Waals surface area contributed by atoms with E-state index >= 15 is 0 Å². The van der Waals surface area contributed by atoms with Crippen LogP contribution in [0.15, 0.2) is 5.16 Å². The molecule has 0 spiro atoms. The van der Waals surface area contributed by atoms with E-state index in [9.17, 15) is 4.79 Å². The highest BCUT2D eigenvalue weighted by Gasteiger charge is 2.14. The van der Waals surface area contributed by atoms with Crippen molar-refractivity contribution in [1.29, 1.82) is 0 Å². The van der Waals surface area contributed by atoms with Crippen LogP contribution < -0.4 is 5.32 Å².